The number of nitrogens with one attached hydrogen (secondary N) is 2. The molecule has 2 aromatic carbocycles. The molecule has 6 rings (SSSR count). The number of carbonyl (C=O) groups excluding carboxylic acids is 3. The van der Waals surface area contributed by atoms with Gasteiger partial charge in [0.1, 0.15) is 35.6 Å². The highest BCUT2D eigenvalue weighted by Crippen LogP contribution is 2.58. The van der Waals surface area contributed by atoms with Crippen LogP contribution < -0.4 is 10.6 Å². The first-order chi connectivity index (χ1) is 25.7. The van der Waals surface area contributed by atoms with E-state index in [9.17, 15) is 19.5 Å². The monoisotopic (exact) mass is 733 g/mol. The molecule has 53 heavy (non-hydrogen) atoms. The molecule has 1 saturated carbocycles. The number of para-hydroxylation sites is 1. The molecule has 3 saturated heterocycles. The number of aromatic hydroxyl groups is 1. The van der Waals surface area contributed by atoms with Crippen molar-refractivity contribution in [2.24, 2.45) is 5.41 Å². The number of rotatable bonds is 19. The number of aliphatic hydroxyl groups excluding tert-OH is 1. The van der Waals surface area contributed by atoms with Gasteiger partial charge in [0, 0.05) is 38.8 Å². The largest absolute Gasteiger partial charge is 0.508 e. The van der Waals surface area contributed by atoms with Crippen LogP contribution in [0.4, 0.5) is 0 Å². The zero-order chi connectivity index (χ0) is 37.4. The molecule has 4 N–H and O–H groups in total. The number of hydrogen-bond donors (Lipinski definition) is 4. The molecule has 0 aromatic heterocycles. The van der Waals surface area contributed by atoms with Crippen LogP contribution in [0.25, 0.3) is 6.08 Å². The molecule has 288 valence electrons. The van der Waals surface area contributed by atoms with Crippen LogP contribution in [0.3, 0.4) is 0 Å². The quantitative estimate of drug-likeness (QED) is 0.118. The number of aliphatic hydroxyl groups is 1. The number of unbranched alkanes of at least 4 members (excludes halogenated alkanes) is 4. The molecule has 2 amide bonds. The number of hydroxylamine groups is 2. The summed E-state index contributed by atoms with van der Waals surface area (Å²) in [6.07, 6.45) is 9.29. The lowest BCUT2D eigenvalue weighted by Crippen LogP contribution is -2.69. The van der Waals surface area contributed by atoms with Gasteiger partial charge in [-0.1, -0.05) is 94.1 Å². The minimum atomic E-state index is -1.36. The van der Waals surface area contributed by atoms with Crippen LogP contribution in [0, 0.1) is 5.41 Å². The highest BCUT2D eigenvalue weighted by molar-refractivity contribution is 5.94. The number of amides is 2. The van der Waals surface area contributed by atoms with Gasteiger partial charge in [-0.2, -0.15) is 5.06 Å². The first-order valence-electron chi connectivity index (χ1n) is 19.4. The highest BCUT2D eigenvalue weighted by Gasteiger charge is 2.76. The summed E-state index contributed by atoms with van der Waals surface area (Å²) in [6.45, 7) is 4.49. The van der Waals surface area contributed by atoms with Crippen molar-refractivity contribution < 1.29 is 43.6 Å². The summed E-state index contributed by atoms with van der Waals surface area (Å²) < 4.78 is 20.0. The van der Waals surface area contributed by atoms with E-state index in [2.05, 4.69) is 24.5 Å². The Morgan fingerprint density at radius 2 is 1.62 bits per heavy atom. The predicted molar refractivity (Wildman–Crippen MR) is 197 cm³/mol. The van der Waals surface area contributed by atoms with E-state index in [1.165, 1.54) is 0 Å². The maximum absolute atomic E-state index is 14.5. The minimum absolute atomic E-state index is 0.0136. The average Bonchev–Trinajstić information content (AvgIpc) is 3.71. The summed E-state index contributed by atoms with van der Waals surface area (Å²) in [5, 5.41) is 26.5. The molecule has 3 heterocycles. The number of ether oxygens (including phenoxy) is 3. The van der Waals surface area contributed by atoms with Crippen LogP contribution in [-0.2, 0) is 46.4 Å². The van der Waals surface area contributed by atoms with E-state index in [1.54, 1.807) is 17.2 Å². The van der Waals surface area contributed by atoms with E-state index in [1.807, 2.05) is 48.6 Å². The first-order valence-corrected chi connectivity index (χ1v) is 19.4. The van der Waals surface area contributed by atoms with E-state index < -0.39 is 47.6 Å². The number of fused-ring (bicyclic) bond motifs is 4. The van der Waals surface area contributed by atoms with Crippen LogP contribution in [0.5, 0.6) is 5.75 Å². The van der Waals surface area contributed by atoms with Crippen molar-refractivity contribution in [3.63, 3.8) is 0 Å². The van der Waals surface area contributed by atoms with Gasteiger partial charge >= 0.3 is 5.97 Å². The Kier molecular flexibility index (Phi) is 12.9. The summed E-state index contributed by atoms with van der Waals surface area (Å²) in [5.74, 6) is -1.88. The fourth-order valence-corrected chi connectivity index (χ4v) is 8.44. The number of allylic oxidation sites excluding steroid dienone is 1. The Hall–Kier alpha value is -3.81. The Morgan fingerprint density at radius 1 is 0.925 bits per heavy atom. The molecule has 4 aliphatic rings. The third-order valence-corrected chi connectivity index (χ3v) is 11.1. The molecule has 2 aromatic rings. The number of esters is 1. The lowest BCUT2D eigenvalue weighted by molar-refractivity contribution is -0.224. The highest BCUT2D eigenvalue weighted by atomic mass is 16.8. The van der Waals surface area contributed by atoms with Gasteiger partial charge < -0.3 is 35.1 Å². The molecule has 2 bridgehead atoms. The molecule has 12 nitrogen and oxygen atoms in total. The van der Waals surface area contributed by atoms with Crippen molar-refractivity contribution in [2.75, 3.05) is 19.7 Å². The molecular formula is C41H55N3O9. The average molecular weight is 734 g/mol. The molecule has 2 unspecified atom stereocenters. The van der Waals surface area contributed by atoms with Gasteiger partial charge in [0.15, 0.2) is 11.8 Å². The zero-order valence-electron chi connectivity index (χ0n) is 31.0. The topological polar surface area (TPSA) is 156 Å². The first kappa shape index (κ1) is 38.9. The van der Waals surface area contributed by atoms with Crippen molar-refractivity contribution in [3.05, 3.63) is 71.3 Å². The summed E-state index contributed by atoms with van der Waals surface area (Å²) in [4.78, 5) is 47.8. The zero-order valence-corrected chi connectivity index (χ0v) is 31.0. The fraction of sp³-hybridized carbons (Fsp3) is 0.585. The van der Waals surface area contributed by atoms with Crippen molar-refractivity contribution in [3.8, 4) is 5.75 Å². The minimum Gasteiger partial charge on any atom is -0.508 e. The van der Waals surface area contributed by atoms with Crippen LogP contribution in [0.2, 0.25) is 0 Å². The Bertz CT molecular complexity index is 1610. The van der Waals surface area contributed by atoms with E-state index in [-0.39, 0.29) is 56.6 Å². The second kappa shape index (κ2) is 17.6. The predicted octanol–water partition coefficient (Wildman–Crippen LogP) is 4.70. The molecule has 1 aliphatic carbocycles. The van der Waals surface area contributed by atoms with E-state index in [4.69, 9.17) is 24.2 Å². The standard InChI is InChI=1S/C41H55N3O9/c1-3-5-11-21-40(22-12-6-4-2)51-34-32-26-41(39(49)43-23-20-33(47)42-24-25-45)36(38(48)50-32)44(53-37(41)35(34)52-40)27-30-16-8-7-14-28(30)17-13-18-29-15-9-10-19-31(29)46/h7-10,13-17,19,32,34-37,45-46H,3-6,11-12,18,20-27H2,1-2H3,(H,42,47)(H,43,49)/t32?,34-,35-,36-,37+,41?/m0/s1. The third kappa shape index (κ3) is 8.32. The lowest BCUT2D eigenvalue weighted by Gasteiger charge is -2.48. The van der Waals surface area contributed by atoms with Gasteiger partial charge in [0.2, 0.25) is 11.8 Å². The maximum atomic E-state index is 14.5. The van der Waals surface area contributed by atoms with Gasteiger partial charge in [0.05, 0.1) is 13.2 Å². The molecule has 0 spiro atoms. The maximum Gasteiger partial charge on any atom is 0.327 e. The fourth-order valence-electron chi connectivity index (χ4n) is 8.44. The SMILES string of the molecule is CCCCCC1(CCCCC)O[C@@H]2[C@H]3ON(Cc4ccccc4C=CCc4ccccc4O)[C@H]4C(=O)OC(CC34C(=O)NCCC(=O)NCCO)[C@@H]2O1. The number of phenolic OH excluding ortho intramolecular Hbond substituents is 1. The molecule has 6 atom stereocenters. The lowest BCUT2D eigenvalue weighted by atomic mass is 9.62. The van der Waals surface area contributed by atoms with E-state index in [0.29, 0.717) is 19.3 Å². The van der Waals surface area contributed by atoms with Gasteiger partial charge in [-0.3, -0.25) is 19.2 Å². The van der Waals surface area contributed by atoms with Crippen molar-refractivity contribution >= 4 is 23.9 Å². The van der Waals surface area contributed by atoms with Crippen molar-refractivity contribution in [2.45, 2.75) is 127 Å². The smallest absolute Gasteiger partial charge is 0.327 e. The number of phenols is 1. The Morgan fingerprint density at radius 3 is 2.34 bits per heavy atom. The number of nitrogens with zero attached hydrogens (tertiary/aromatic N) is 1. The van der Waals surface area contributed by atoms with Crippen LogP contribution in [0.15, 0.2) is 54.6 Å². The molecule has 4 fully saturated rings. The van der Waals surface area contributed by atoms with Crippen LogP contribution in [-0.4, -0.2) is 89.0 Å². The van der Waals surface area contributed by atoms with Crippen molar-refractivity contribution in [1.82, 2.24) is 15.7 Å². The molecule has 0 radical (unpaired) electrons. The molecule has 12 heteroatoms. The van der Waals surface area contributed by atoms with Gasteiger partial charge in [-0.25, -0.2) is 0 Å². The second-order valence-corrected chi connectivity index (χ2v) is 14.7. The number of carbonyl (C=O) groups is 3. The van der Waals surface area contributed by atoms with Crippen LogP contribution >= 0.6 is 0 Å². The summed E-state index contributed by atoms with van der Waals surface area (Å²) in [6, 6.07) is 13.9. The molecule has 3 aliphatic heterocycles. The van der Waals surface area contributed by atoms with Gasteiger partial charge in [-0.05, 0) is 42.0 Å². The Labute approximate surface area is 312 Å². The van der Waals surface area contributed by atoms with E-state index in [0.717, 1.165) is 55.2 Å². The number of benzene rings is 2. The summed E-state index contributed by atoms with van der Waals surface area (Å²) in [7, 11) is 0. The van der Waals surface area contributed by atoms with Gasteiger partial charge in [0.25, 0.3) is 0 Å². The van der Waals surface area contributed by atoms with Crippen LogP contribution in [0.1, 0.15) is 94.7 Å². The van der Waals surface area contributed by atoms with E-state index >= 15 is 0 Å². The Balaban J connectivity index is 1.30. The van der Waals surface area contributed by atoms with Gasteiger partial charge in [-0.15, -0.1) is 0 Å². The third-order valence-electron chi connectivity index (χ3n) is 11.1. The summed E-state index contributed by atoms with van der Waals surface area (Å²) in [5.41, 5.74) is 1.23. The molecular weight excluding hydrogens is 678 g/mol. The summed E-state index contributed by atoms with van der Waals surface area (Å²) >= 11 is 0. The van der Waals surface area contributed by atoms with Crippen molar-refractivity contribution in [1.29, 1.82) is 0 Å². The normalized spacial score (nSPS) is 27.1. The number of hydrogen-bond acceptors (Lipinski definition) is 10. The second-order valence-electron chi connectivity index (χ2n) is 14.7.